The van der Waals surface area contributed by atoms with Crippen molar-refractivity contribution in [3.05, 3.63) is 58.6 Å². The molecule has 0 aliphatic rings. The lowest BCUT2D eigenvalue weighted by atomic mass is 10.1. The van der Waals surface area contributed by atoms with Crippen molar-refractivity contribution in [2.24, 2.45) is 5.73 Å². The monoisotopic (exact) mass is 291 g/mol. The molecule has 2 aromatic rings. The SMILES string of the molecule is COc1cccc(C(CN)Oc2cc(C)ccc2Cl)c1. The molecule has 0 aromatic heterocycles. The van der Waals surface area contributed by atoms with E-state index in [2.05, 4.69) is 0 Å². The van der Waals surface area contributed by atoms with Crippen molar-refractivity contribution in [1.82, 2.24) is 0 Å². The molecule has 3 nitrogen and oxygen atoms in total. The van der Waals surface area contributed by atoms with Crippen LogP contribution in [-0.2, 0) is 0 Å². The molecule has 0 saturated carbocycles. The Balaban J connectivity index is 2.26. The second-order valence-electron chi connectivity index (χ2n) is 4.55. The van der Waals surface area contributed by atoms with Gasteiger partial charge in [0.05, 0.1) is 12.1 Å². The van der Waals surface area contributed by atoms with Gasteiger partial charge in [-0.25, -0.2) is 0 Å². The van der Waals surface area contributed by atoms with E-state index >= 15 is 0 Å². The standard InChI is InChI=1S/C16H18ClNO2/c1-11-6-7-14(17)15(8-11)20-16(10-18)12-4-3-5-13(9-12)19-2/h3-9,16H,10,18H2,1-2H3. The molecule has 0 saturated heterocycles. The van der Waals surface area contributed by atoms with Gasteiger partial charge in [0, 0.05) is 6.54 Å². The zero-order valence-corrected chi connectivity index (χ0v) is 12.4. The molecule has 0 fully saturated rings. The van der Waals surface area contributed by atoms with Gasteiger partial charge >= 0.3 is 0 Å². The van der Waals surface area contributed by atoms with Gasteiger partial charge in [0.2, 0.25) is 0 Å². The molecule has 2 aromatic carbocycles. The third kappa shape index (κ3) is 3.44. The van der Waals surface area contributed by atoms with E-state index in [1.165, 1.54) is 0 Å². The Hall–Kier alpha value is -1.71. The average molecular weight is 292 g/mol. The van der Waals surface area contributed by atoms with Crippen LogP contribution in [0.15, 0.2) is 42.5 Å². The van der Waals surface area contributed by atoms with Crippen LogP contribution in [0.2, 0.25) is 5.02 Å². The number of aryl methyl sites for hydroxylation is 1. The summed E-state index contributed by atoms with van der Waals surface area (Å²) in [7, 11) is 1.63. The zero-order chi connectivity index (χ0) is 14.5. The van der Waals surface area contributed by atoms with Gasteiger partial charge in [-0.2, -0.15) is 0 Å². The van der Waals surface area contributed by atoms with E-state index in [9.17, 15) is 0 Å². The summed E-state index contributed by atoms with van der Waals surface area (Å²) in [6.07, 6.45) is -0.260. The number of halogens is 1. The molecule has 20 heavy (non-hydrogen) atoms. The van der Waals surface area contributed by atoms with Gasteiger partial charge in [-0.1, -0.05) is 29.8 Å². The van der Waals surface area contributed by atoms with E-state index in [0.29, 0.717) is 17.3 Å². The van der Waals surface area contributed by atoms with E-state index in [4.69, 9.17) is 26.8 Å². The molecule has 0 spiro atoms. The fourth-order valence-electron chi connectivity index (χ4n) is 1.95. The van der Waals surface area contributed by atoms with Crippen molar-refractivity contribution in [1.29, 1.82) is 0 Å². The molecule has 4 heteroatoms. The van der Waals surface area contributed by atoms with Gasteiger partial charge in [0.15, 0.2) is 0 Å². The molecular formula is C16H18ClNO2. The third-order valence-corrected chi connectivity index (χ3v) is 3.35. The number of rotatable bonds is 5. The first-order valence-corrected chi connectivity index (χ1v) is 6.78. The van der Waals surface area contributed by atoms with Crippen LogP contribution in [0.3, 0.4) is 0 Å². The third-order valence-electron chi connectivity index (χ3n) is 3.04. The summed E-state index contributed by atoms with van der Waals surface area (Å²) >= 11 is 6.15. The van der Waals surface area contributed by atoms with Crippen LogP contribution in [0.5, 0.6) is 11.5 Å². The lowest BCUT2D eigenvalue weighted by Crippen LogP contribution is -2.18. The highest BCUT2D eigenvalue weighted by molar-refractivity contribution is 6.32. The molecular weight excluding hydrogens is 274 g/mol. The van der Waals surface area contributed by atoms with Crippen LogP contribution in [0, 0.1) is 6.92 Å². The number of methoxy groups -OCH3 is 1. The zero-order valence-electron chi connectivity index (χ0n) is 11.6. The van der Waals surface area contributed by atoms with Gasteiger partial charge in [-0.15, -0.1) is 0 Å². The second-order valence-corrected chi connectivity index (χ2v) is 4.96. The van der Waals surface area contributed by atoms with E-state index < -0.39 is 0 Å². The van der Waals surface area contributed by atoms with E-state index in [1.807, 2.05) is 49.4 Å². The lowest BCUT2D eigenvalue weighted by Gasteiger charge is -2.19. The Labute approximate surface area is 124 Å². The molecule has 0 heterocycles. The predicted molar refractivity (Wildman–Crippen MR) is 81.6 cm³/mol. The van der Waals surface area contributed by atoms with Gasteiger partial charge in [0.25, 0.3) is 0 Å². The van der Waals surface area contributed by atoms with Crippen LogP contribution in [0.25, 0.3) is 0 Å². The summed E-state index contributed by atoms with van der Waals surface area (Å²) in [5.74, 6) is 1.42. The Kier molecular flexibility index (Phi) is 4.88. The number of ether oxygens (including phenoxy) is 2. The highest BCUT2D eigenvalue weighted by Crippen LogP contribution is 2.30. The quantitative estimate of drug-likeness (QED) is 0.913. The molecule has 0 aliphatic carbocycles. The van der Waals surface area contributed by atoms with Crippen LogP contribution in [0.4, 0.5) is 0 Å². The van der Waals surface area contributed by atoms with Crippen molar-refractivity contribution in [3.63, 3.8) is 0 Å². The summed E-state index contributed by atoms with van der Waals surface area (Å²) in [4.78, 5) is 0. The first-order chi connectivity index (χ1) is 9.63. The molecule has 1 unspecified atom stereocenters. The molecule has 0 amide bonds. The van der Waals surface area contributed by atoms with Crippen LogP contribution < -0.4 is 15.2 Å². The molecule has 2 N–H and O–H groups in total. The minimum Gasteiger partial charge on any atom is -0.497 e. The highest BCUT2D eigenvalue weighted by atomic mass is 35.5. The van der Waals surface area contributed by atoms with Crippen LogP contribution >= 0.6 is 11.6 Å². The van der Waals surface area contributed by atoms with Crippen LogP contribution in [-0.4, -0.2) is 13.7 Å². The largest absolute Gasteiger partial charge is 0.497 e. The van der Waals surface area contributed by atoms with Crippen molar-refractivity contribution >= 4 is 11.6 Å². The number of hydrogen-bond donors (Lipinski definition) is 1. The lowest BCUT2D eigenvalue weighted by molar-refractivity contribution is 0.214. The molecule has 1 atom stereocenters. The molecule has 106 valence electrons. The van der Waals surface area contributed by atoms with Gasteiger partial charge in [0.1, 0.15) is 17.6 Å². The van der Waals surface area contributed by atoms with Crippen molar-refractivity contribution in [2.45, 2.75) is 13.0 Å². The van der Waals surface area contributed by atoms with E-state index in [1.54, 1.807) is 7.11 Å². The Morgan fingerprint density at radius 3 is 2.70 bits per heavy atom. The summed E-state index contributed by atoms with van der Waals surface area (Å²) in [5.41, 5.74) is 7.87. The van der Waals surface area contributed by atoms with E-state index in [0.717, 1.165) is 16.9 Å². The smallest absolute Gasteiger partial charge is 0.139 e. The second kappa shape index (κ2) is 6.64. The minimum absolute atomic E-state index is 0.260. The first kappa shape index (κ1) is 14.7. The predicted octanol–water partition coefficient (Wildman–Crippen LogP) is 3.74. The normalized spacial score (nSPS) is 12.0. The van der Waals surface area contributed by atoms with Gasteiger partial charge < -0.3 is 15.2 Å². The maximum absolute atomic E-state index is 6.15. The van der Waals surface area contributed by atoms with Crippen molar-refractivity contribution in [2.75, 3.05) is 13.7 Å². The molecule has 0 aliphatic heterocycles. The topological polar surface area (TPSA) is 44.5 Å². The summed E-state index contributed by atoms with van der Waals surface area (Å²) in [6, 6.07) is 13.4. The molecule has 0 radical (unpaired) electrons. The average Bonchev–Trinajstić information content (AvgIpc) is 2.48. The summed E-state index contributed by atoms with van der Waals surface area (Å²) in [5, 5.41) is 0.581. The fraction of sp³-hybridized carbons (Fsp3) is 0.250. The maximum atomic E-state index is 6.15. The summed E-state index contributed by atoms with van der Waals surface area (Å²) in [6.45, 7) is 2.35. The van der Waals surface area contributed by atoms with Crippen molar-refractivity contribution in [3.8, 4) is 11.5 Å². The van der Waals surface area contributed by atoms with Gasteiger partial charge in [-0.3, -0.25) is 0 Å². The molecule has 0 bridgehead atoms. The molecule has 2 rings (SSSR count). The Morgan fingerprint density at radius 1 is 1.20 bits per heavy atom. The fourth-order valence-corrected chi connectivity index (χ4v) is 2.11. The van der Waals surface area contributed by atoms with Crippen molar-refractivity contribution < 1.29 is 9.47 Å². The first-order valence-electron chi connectivity index (χ1n) is 6.41. The summed E-state index contributed by atoms with van der Waals surface area (Å²) < 4.78 is 11.2. The Bertz CT molecular complexity index is 586. The number of benzene rings is 2. The number of hydrogen-bond acceptors (Lipinski definition) is 3. The highest BCUT2D eigenvalue weighted by Gasteiger charge is 2.14. The maximum Gasteiger partial charge on any atom is 0.139 e. The van der Waals surface area contributed by atoms with E-state index in [-0.39, 0.29) is 6.10 Å². The minimum atomic E-state index is -0.260. The van der Waals surface area contributed by atoms with Gasteiger partial charge in [-0.05, 0) is 42.3 Å². The Morgan fingerprint density at radius 2 is 2.00 bits per heavy atom. The van der Waals surface area contributed by atoms with Crippen LogP contribution in [0.1, 0.15) is 17.2 Å². The number of nitrogens with two attached hydrogens (primary N) is 1.